The van der Waals surface area contributed by atoms with Crippen LogP contribution in [0.4, 0.5) is 0 Å². The van der Waals surface area contributed by atoms with E-state index in [2.05, 4.69) is 32.4 Å². The second kappa shape index (κ2) is 11.0. The molecule has 10 heteroatoms. The summed E-state index contributed by atoms with van der Waals surface area (Å²) < 4.78 is 16.1. The largest absolute Gasteiger partial charge is 0.461 e. The lowest BCUT2D eigenvalue weighted by molar-refractivity contribution is 0.0908. The third-order valence-corrected chi connectivity index (χ3v) is 8.50. The van der Waals surface area contributed by atoms with Crippen LogP contribution in [0.25, 0.3) is 22.2 Å². The first-order valence-corrected chi connectivity index (χ1v) is 14.2. The van der Waals surface area contributed by atoms with E-state index in [4.69, 9.17) is 13.5 Å². The quantitative estimate of drug-likeness (QED) is 0.291. The van der Waals surface area contributed by atoms with Crippen molar-refractivity contribution in [1.82, 2.24) is 20.9 Å². The second-order valence-electron chi connectivity index (χ2n) is 10.2. The number of nitrogens with zero attached hydrogens (tertiary/aromatic N) is 2. The summed E-state index contributed by atoms with van der Waals surface area (Å²) in [6, 6.07) is 9.24. The molecular weight excluding hydrogens is 504 g/mol. The predicted molar refractivity (Wildman–Crippen MR) is 141 cm³/mol. The molecule has 198 valence electrons. The summed E-state index contributed by atoms with van der Waals surface area (Å²) in [6.45, 7) is 0. The van der Waals surface area contributed by atoms with Gasteiger partial charge in [0.25, 0.3) is 11.8 Å². The van der Waals surface area contributed by atoms with Gasteiger partial charge in [-0.25, -0.2) is 0 Å². The Kier molecular flexibility index (Phi) is 7.13. The number of aromatic nitrogens is 2. The summed E-state index contributed by atoms with van der Waals surface area (Å²) >= 11 is 1.59. The zero-order valence-corrected chi connectivity index (χ0v) is 21.8. The molecule has 2 aliphatic rings. The Morgan fingerprint density at radius 2 is 1.53 bits per heavy atom. The maximum absolute atomic E-state index is 12.8. The molecule has 2 saturated carbocycles. The van der Waals surface area contributed by atoms with Crippen LogP contribution in [-0.4, -0.2) is 34.2 Å². The lowest BCUT2D eigenvalue weighted by Gasteiger charge is -2.29. The van der Waals surface area contributed by atoms with Gasteiger partial charge < -0.3 is 24.1 Å². The number of thiophene rings is 1. The van der Waals surface area contributed by atoms with Gasteiger partial charge in [0.15, 0.2) is 22.9 Å². The molecule has 4 aromatic rings. The molecule has 0 bridgehead atoms. The molecule has 38 heavy (non-hydrogen) atoms. The standard InChI is InChI=1S/C28H30N4O5S/c33-27(29-19-7-2-1-3-8-19)22-15-25(37-32-22)26-13-18(16-38-26)17-6-4-9-20(12-17)30-28(34)21-14-24(36-31-21)23-10-5-11-35-23/h5,10-11,13-17,19-20H,1-4,6-9,12H2,(H,29,33)(H,30,34). The molecule has 0 aromatic carbocycles. The van der Waals surface area contributed by atoms with Gasteiger partial charge in [0, 0.05) is 24.2 Å². The van der Waals surface area contributed by atoms with Gasteiger partial charge in [-0.2, -0.15) is 0 Å². The van der Waals surface area contributed by atoms with Gasteiger partial charge in [-0.05, 0) is 67.2 Å². The highest BCUT2D eigenvalue weighted by Gasteiger charge is 2.27. The molecular formula is C28H30N4O5S. The third kappa shape index (κ3) is 5.45. The zero-order valence-electron chi connectivity index (χ0n) is 21.0. The number of carbonyl (C=O) groups excluding carboxylic acids is 2. The fourth-order valence-corrected chi connectivity index (χ4v) is 6.44. The molecule has 4 heterocycles. The average molecular weight is 535 g/mol. The highest BCUT2D eigenvalue weighted by Crippen LogP contribution is 2.38. The monoisotopic (exact) mass is 534 g/mol. The highest BCUT2D eigenvalue weighted by molar-refractivity contribution is 7.13. The molecule has 2 aliphatic carbocycles. The van der Waals surface area contributed by atoms with Gasteiger partial charge in [0.05, 0.1) is 11.1 Å². The van der Waals surface area contributed by atoms with Crippen molar-refractivity contribution < 1.29 is 23.1 Å². The maximum Gasteiger partial charge on any atom is 0.273 e. The lowest BCUT2D eigenvalue weighted by Crippen LogP contribution is -2.38. The van der Waals surface area contributed by atoms with Crippen LogP contribution in [0.2, 0.25) is 0 Å². The number of furan rings is 1. The molecule has 2 unspecified atom stereocenters. The van der Waals surface area contributed by atoms with Crippen molar-refractivity contribution in [3.63, 3.8) is 0 Å². The predicted octanol–water partition coefficient (Wildman–Crippen LogP) is 6.17. The van der Waals surface area contributed by atoms with Crippen LogP contribution < -0.4 is 10.6 Å². The Bertz CT molecular complexity index is 1380. The Morgan fingerprint density at radius 3 is 2.29 bits per heavy atom. The summed E-state index contributed by atoms with van der Waals surface area (Å²) in [4.78, 5) is 26.4. The van der Waals surface area contributed by atoms with Crippen LogP contribution in [-0.2, 0) is 0 Å². The first-order valence-electron chi connectivity index (χ1n) is 13.3. The number of hydrogen-bond acceptors (Lipinski definition) is 8. The van der Waals surface area contributed by atoms with Gasteiger partial charge in [-0.3, -0.25) is 9.59 Å². The van der Waals surface area contributed by atoms with Crippen LogP contribution in [0.15, 0.2) is 55.4 Å². The van der Waals surface area contributed by atoms with Crippen molar-refractivity contribution in [2.45, 2.75) is 75.8 Å². The molecule has 2 amide bonds. The third-order valence-electron chi connectivity index (χ3n) is 7.53. The van der Waals surface area contributed by atoms with Crippen molar-refractivity contribution in [1.29, 1.82) is 0 Å². The minimum Gasteiger partial charge on any atom is -0.461 e. The van der Waals surface area contributed by atoms with Crippen molar-refractivity contribution in [3.05, 3.63) is 58.9 Å². The first kappa shape index (κ1) is 24.7. The number of carbonyl (C=O) groups is 2. The molecule has 2 atom stereocenters. The molecule has 6 rings (SSSR count). The maximum atomic E-state index is 12.8. The summed E-state index contributed by atoms with van der Waals surface area (Å²) in [5, 5.41) is 16.3. The molecule has 2 N–H and O–H groups in total. The van der Waals surface area contributed by atoms with Crippen LogP contribution in [0.3, 0.4) is 0 Å². The van der Waals surface area contributed by atoms with Crippen LogP contribution in [0.1, 0.15) is 90.2 Å². The van der Waals surface area contributed by atoms with Gasteiger partial charge in [0.2, 0.25) is 5.76 Å². The zero-order chi connectivity index (χ0) is 25.9. The second-order valence-corrected chi connectivity index (χ2v) is 11.1. The first-order chi connectivity index (χ1) is 18.6. The molecule has 0 aliphatic heterocycles. The van der Waals surface area contributed by atoms with E-state index in [0.29, 0.717) is 28.9 Å². The minimum atomic E-state index is -0.246. The van der Waals surface area contributed by atoms with E-state index in [1.54, 1.807) is 41.9 Å². The molecule has 0 radical (unpaired) electrons. The number of hydrogen-bond donors (Lipinski definition) is 2. The summed E-state index contributed by atoms with van der Waals surface area (Å²) in [7, 11) is 0. The van der Waals surface area contributed by atoms with Crippen molar-refractivity contribution in [2.24, 2.45) is 0 Å². The fourth-order valence-electron chi connectivity index (χ4n) is 5.50. The van der Waals surface area contributed by atoms with E-state index >= 15 is 0 Å². The van der Waals surface area contributed by atoms with Crippen LogP contribution in [0.5, 0.6) is 0 Å². The normalized spacial score (nSPS) is 20.3. The molecule has 0 saturated heterocycles. The van der Waals surface area contributed by atoms with Gasteiger partial charge in [0.1, 0.15) is 0 Å². The van der Waals surface area contributed by atoms with E-state index in [1.165, 1.54) is 12.0 Å². The van der Waals surface area contributed by atoms with E-state index < -0.39 is 0 Å². The van der Waals surface area contributed by atoms with E-state index in [1.807, 2.05) is 0 Å². The summed E-state index contributed by atoms with van der Waals surface area (Å²) in [6.07, 6.45) is 11.0. The molecule has 9 nitrogen and oxygen atoms in total. The lowest BCUT2D eigenvalue weighted by atomic mass is 9.82. The Hall–Kier alpha value is -3.66. The van der Waals surface area contributed by atoms with Crippen molar-refractivity contribution in [2.75, 3.05) is 0 Å². The summed E-state index contributed by atoms with van der Waals surface area (Å²) in [5.41, 5.74) is 1.78. The molecule has 0 spiro atoms. The Balaban J connectivity index is 1.06. The topological polar surface area (TPSA) is 123 Å². The van der Waals surface area contributed by atoms with Crippen LogP contribution >= 0.6 is 11.3 Å². The average Bonchev–Trinajstić information content (AvgIpc) is 3.76. The van der Waals surface area contributed by atoms with Gasteiger partial charge in [-0.1, -0.05) is 36.0 Å². The number of nitrogens with one attached hydrogen (secondary N) is 2. The number of rotatable bonds is 7. The van der Waals surface area contributed by atoms with Gasteiger partial charge in [-0.15, -0.1) is 11.3 Å². The SMILES string of the molecule is O=C(NC1CCCC(c2csc(-c3cc(C(=O)NC4CCCCC4)no3)c2)C1)c1cc(-c2ccco2)on1. The van der Waals surface area contributed by atoms with Crippen LogP contribution in [0, 0.1) is 0 Å². The van der Waals surface area contributed by atoms with Gasteiger partial charge >= 0.3 is 0 Å². The Labute approximate surface area is 223 Å². The van der Waals surface area contributed by atoms with E-state index in [9.17, 15) is 9.59 Å². The summed E-state index contributed by atoms with van der Waals surface area (Å²) in [5.74, 6) is 1.48. The smallest absolute Gasteiger partial charge is 0.273 e. The minimum absolute atomic E-state index is 0.0497. The molecule has 4 aromatic heterocycles. The Morgan fingerprint density at radius 1 is 0.816 bits per heavy atom. The highest BCUT2D eigenvalue weighted by atomic mass is 32.1. The van der Waals surface area contributed by atoms with Crippen molar-refractivity contribution >= 4 is 23.2 Å². The van der Waals surface area contributed by atoms with E-state index in [-0.39, 0.29) is 29.6 Å². The molecule has 2 fully saturated rings. The fraction of sp³-hybridized carbons (Fsp3) is 0.429. The number of amides is 2. The van der Waals surface area contributed by atoms with E-state index in [0.717, 1.165) is 56.2 Å². The van der Waals surface area contributed by atoms with Crippen molar-refractivity contribution in [3.8, 4) is 22.2 Å².